The minimum atomic E-state index is 0.680. The van der Waals surface area contributed by atoms with Gasteiger partial charge < -0.3 is 20.4 Å². The number of nitrogens with zero attached hydrogens (tertiary/aromatic N) is 2. The van der Waals surface area contributed by atoms with Gasteiger partial charge in [-0.3, -0.25) is 0 Å². The number of rotatable bonds is 8. The van der Waals surface area contributed by atoms with Crippen molar-refractivity contribution in [1.29, 1.82) is 0 Å². The van der Waals surface area contributed by atoms with Gasteiger partial charge in [-0.05, 0) is 19.8 Å². The van der Waals surface area contributed by atoms with E-state index in [0.29, 0.717) is 12.1 Å². The quantitative estimate of drug-likeness (QED) is 0.648. The first-order chi connectivity index (χ1) is 11.7. The van der Waals surface area contributed by atoms with Gasteiger partial charge in [-0.1, -0.05) is 44.7 Å². The fourth-order valence-corrected chi connectivity index (χ4v) is 4.79. The zero-order chi connectivity index (χ0) is 17.4. The molecule has 24 heavy (non-hydrogen) atoms. The maximum atomic E-state index is 3.63. The summed E-state index contributed by atoms with van der Waals surface area (Å²) in [5.41, 5.74) is 0. The number of hydrogen-bond donors (Lipinski definition) is 2. The maximum absolute atomic E-state index is 3.63. The van der Waals surface area contributed by atoms with Crippen LogP contribution in [0, 0.1) is 0 Å². The van der Waals surface area contributed by atoms with Crippen molar-refractivity contribution in [2.75, 3.05) is 39.3 Å². The van der Waals surface area contributed by atoms with E-state index in [0.717, 1.165) is 26.2 Å². The zero-order valence-corrected chi connectivity index (χ0v) is 18.5. The number of nitrogens with one attached hydrogen (secondary N) is 2. The van der Waals surface area contributed by atoms with Crippen molar-refractivity contribution in [2.45, 2.75) is 71.4 Å². The number of allylic oxidation sites excluding steroid dienone is 1. The van der Waals surface area contributed by atoms with E-state index in [4.69, 9.17) is 0 Å². The highest BCUT2D eigenvalue weighted by atomic mass is 28.1. The molecular formula is C19H40N4Si. The summed E-state index contributed by atoms with van der Waals surface area (Å²) in [5.74, 6) is 1.60. The van der Waals surface area contributed by atoms with Gasteiger partial charge >= 0.3 is 0 Å². The Labute approximate surface area is 152 Å². The molecule has 5 heteroatoms. The number of unbranched alkanes of at least 4 members (excludes halogenated alkanes) is 2. The van der Waals surface area contributed by atoms with Gasteiger partial charge in [0.2, 0.25) is 0 Å². The fourth-order valence-electron chi connectivity index (χ4n) is 4.21. The minimum Gasteiger partial charge on any atom is -0.353 e. The summed E-state index contributed by atoms with van der Waals surface area (Å²) >= 11 is 0. The molecule has 2 saturated heterocycles. The van der Waals surface area contributed by atoms with E-state index in [2.05, 4.69) is 41.2 Å². The highest BCUT2D eigenvalue weighted by molar-refractivity contribution is 6.21. The largest absolute Gasteiger partial charge is 0.353 e. The lowest BCUT2D eigenvalue weighted by Crippen LogP contribution is -2.58. The lowest BCUT2D eigenvalue weighted by atomic mass is 10.0. The third kappa shape index (κ3) is 5.23. The molecule has 0 saturated carbocycles. The van der Waals surface area contributed by atoms with Crippen LogP contribution in [0.1, 0.15) is 59.3 Å². The summed E-state index contributed by atoms with van der Waals surface area (Å²) in [6, 6.07) is 1.36. The molecule has 0 aromatic rings. The van der Waals surface area contributed by atoms with Crippen LogP contribution in [0.4, 0.5) is 0 Å². The molecule has 2 heterocycles. The van der Waals surface area contributed by atoms with Crippen LogP contribution in [0.25, 0.3) is 0 Å². The Bertz CT molecular complexity index is 365. The topological polar surface area (TPSA) is 30.5 Å². The third-order valence-electron chi connectivity index (χ3n) is 5.47. The molecule has 2 aliphatic heterocycles. The molecule has 0 aliphatic carbocycles. The van der Waals surface area contributed by atoms with Crippen molar-refractivity contribution in [3.63, 3.8) is 0 Å². The zero-order valence-electron chi connectivity index (χ0n) is 16.5. The third-order valence-corrected chi connectivity index (χ3v) is 5.92. The smallest absolute Gasteiger partial charge is 0.0984 e. The molecule has 2 rings (SSSR count). The Morgan fingerprint density at radius 3 is 1.75 bits per heavy atom. The van der Waals surface area contributed by atoms with Gasteiger partial charge in [-0.15, -0.1) is 0 Å². The highest BCUT2D eigenvalue weighted by Gasteiger charge is 2.31. The molecule has 0 bridgehead atoms. The number of hydrogen-bond acceptors (Lipinski definition) is 4. The van der Waals surface area contributed by atoms with Gasteiger partial charge in [0.15, 0.2) is 0 Å². The van der Waals surface area contributed by atoms with Crippen molar-refractivity contribution < 1.29 is 0 Å². The lowest BCUT2D eigenvalue weighted by molar-refractivity contribution is 0.0905. The van der Waals surface area contributed by atoms with Crippen molar-refractivity contribution in [2.24, 2.45) is 0 Å². The predicted octanol–water partition coefficient (Wildman–Crippen LogP) is 1.47. The number of piperazine rings is 2. The molecule has 4 nitrogen and oxygen atoms in total. The first-order valence-electron chi connectivity index (χ1n) is 10.3. The lowest BCUT2D eigenvalue weighted by Gasteiger charge is -2.48. The van der Waals surface area contributed by atoms with Gasteiger partial charge in [0.1, 0.15) is 0 Å². The predicted molar refractivity (Wildman–Crippen MR) is 108 cm³/mol. The Balaban J connectivity index is 2.17. The fraction of sp³-hybridized carbons (Fsp3) is 0.895. The Kier molecular flexibility index (Phi) is 8.63. The minimum absolute atomic E-state index is 0.680. The van der Waals surface area contributed by atoms with Crippen LogP contribution in [-0.2, 0) is 0 Å². The molecule has 2 fully saturated rings. The van der Waals surface area contributed by atoms with Crippen LogP contribution in [0.3, 0.4) is 0 Å². The summed E-state index contributed by atoms with van der Waals surface area (Å²) in [5, 5.41) is 8.89. The van der Waals surface area contributed by atoms with E-state index in [1.165, 1.54) is 61.9 Å². The summed E-state index contributed by atoms with van der Waals surface area (Å²) in [7, 11) is 1.17. The van der Waals surface area contributed by atoms with Gasteiger partial charge in [0, 0.05) is 61.6 Å². The van der Waals surface area contributed by atoms with E-state index < -0.39 is 0 Å². The van der Waals surface area contributed by atoms with E-state index in [9.17, 15) is 0 Å². The Morgan fingerprint density at radius 1 is 0.917 bits per heavy atom. The van der Waals surface area contributed by atoms with Gasteiger partial charge in [0.25, 0.3) is 0 Å². The first kappa shape index (κ1) is 19.8. The first-order valence-corrected chi connectivity index (χ1v) is 11.3. The Hall–Kier alpha value is -0.523. The summed E-state index contributed by atoms with van der Waals surface area (Å²) in [6.07, 6.45) is 7.95. The standard InChI is InChI=1S/C19H40N4Si/c1-4-6-8-17-14-20-10-12-22(17)19(16(3)24)23-13-11-21-15-18(23)9-7-5-2/h17-18,20-21H,4-15H2,1-3,24H3. The molecule has 0 aromatic heterocycles. The molecule has 2 aliphatic rings. The van der Waals surface area contributed by atoms with E-state index in [-0.39, 0.29) is 0 Å². The van der Waals surface area contributed by atoms with Crippen molar-refractivity contribution in [3.05, 3.63) is 11.0 Å². The molecular weight excluding hydrogens is 312 g/mol. The maximum Gasteiger partial charge on any atom is 0.0984 e. The molecule has 140 valence electrons. The average molecular weight is 353 g/mol. The van der Waals surface area contributed by atoms with Crippen molar-refractivity contribution in [3.8, 4) is 0 Å². The molecule has 2 atom stereocenters. The van der Waals surface area contributed by atoms with Crippen LogP contribution >= 0.6 is 0 Å². The highest BCUT2D eigenvalue weighted by Crippen LogP contribution is 2.26. The molecule has 0 aromatic carbocycles. The van der Waals surface area contributed by atoms with Crippen LogP contribution in [0.5, 0.6) is 0 Å². The van der Waals surface area contributed by atoms with E-state index in [1.807, 2.05) is 0 Å². The van der Waals surface area contributed by atoms with Gasteiger partial charge in [-0.2, -0.15) is 0 Å². The van der Waals surface area contributed by atoms with Gasteiger partial charge in [-0.25, -0.2) is 0 Å². The second-order valence-corrected chi connectivity index (χ2v) is 9.21. The van der Waals surface area contributed by atoms with Crippen molar-refractivity contribution >= 4 is 10.2 Å². The van der Waals surface area contributed by atoms with E-state index in [1.54, 1.807) is 11.0 Å². The van der Waals surface area contributed by atoms with Crippen LogP contribution in [0.2, 0.25) is 0 Å². The molecule has 0 radical (unpaired) electrons. The summed E-state index contributed by atoms with van der Waals surface area (Å²) in [4.78, 5) is 5.55. The summed E-state index contributed by atoms with van der Waals surface area (Å²) in [6.45, 7) is 13.9. The van der Waals surface area contributed by atoms with Crippen LogP contribution in [-0.4, -0.2) is 71.4 Å². The Morgan fingerprint density at radius 2 is 1.38 bits per heavy atom. The van der Waals surface area contributed by atoms with Gasteiger partial charge in [0.05, 0.1) is 5.82 Å². The second-order valence-electron chi connectivity index (χ2n) is 7.71. The van der Waals surface area contributed by atoms with Crippen LogP contribution in [0.15, 0.2) is 11.0 Å². The molecule has 0 spiro atoms. The monoisotopic (exact) mass is 352 g/mol. The average Bonchev–Trinajstić information content (AvgIpc) is 2.60. The second kappa shape index (κ2) is 10.5. The van der Waals surface area contributed by atoms with E-state index >= 15 is 0 Å². The SMILES string of the molecule is CCCCC1CNCCN1C(=C(C)[SiH3])N1CCNCC1CCCC. The molecule has 0 amide bonds. The van der Waals surface area contributed by atoms with Crippen molar-refractivity contribution in [1.82, 2.24) is 20.4 Å². The normalized spacial score (nSPS) is 25.1. The molecule has 2 N–H and O–H groups in total. The molecule has 2 unspecified atom stereocenters. The van der Waals surface area contributed by atoms with Crippen LogP contribution < -0.4 is 10.6 Å². The summed E-state index contributed by atoms with van der Waals surface area (Å²) < 4.78 is 0.